The van der Waals surface area contributed by atoms with Crippen LogP contribution < -0.4 is 29.0 Å². The summed E-state index contributed by atoms with van der Waals surface area (Å²) in [6.07, 6.45) is 0.903. The lowest BCUT2D eigenvalue weighted by Crippen LogP contribution is -2.43. The van der Waals surface area contributed by atoms with Crippen LogP contribution in [0.5, 0.6) is 28.7 Å². The van der Waals surface area contributed by atoms with Crippen molar-refractivity contribution < 1.29 is 23.7 Å². The molecule has 0 atom stereocenters. The molecule has 31 heavy (non-hydrogen) atoms. The number of ether oxygens (including phenoxy) is 5. The van der Waals surface area contributed by atoms with Crippen molar-refractivity contribution in [1.82, 2.24) is 10.2 Å². The Hall–Kier alpha value is -3.29. The third kappa shape index (κ3) is 4.73. The first-order valence-corrected chi connectivity index (χ1v) is 10.1. The van der Waals surface area contributed by atoms with Gasteiger partial charge in [-0.05, 0) is 47.4 Å². The highest BCUT2D eigenvalue weighted by molar-refractivity contribution is 5.80. The van der Waals surface area contributed by atoms with Gasteiger partial charge in [0.2, 0.25) is 5.75 Å². The van der Waals surface area contributed by atoms with Crippen LogP contribution in [0.25, 0.3) is 0 Å². The molecule has 0 aliphatic carbocycles. The van der Waals surface area contributed by atoms with Gasteiger partial charge in [0.05, 0.1) is 35.5 Å². The van der Waals surface area contributed by atoms with Gasteiger partial charge < -0.3 is 33.9 Å². The highest BCUT2D eigenvalue weighted by Crippen LogP contribution is 2.38. The molecule has 0 fully saturated rings. The number of rotatable bonds is 7. The zero-order valence-corrected chi connectivity index (χ0v) is 19.1. The van der Waals surface area contributed by atoms with E-state index in [9.17, 15) is 0 Å². The van der Waals surface area contributed by atoms with E-state index >= 15 is 0 Å². The van der Waals surface area contributed by atoms with Gasteiger partial charge in [0, 0.05) is 26.7 Å². The summed E-state index contributed by atoms with van der Waals surface area (Å²) in [7, 11) is 9.93. The van der Waals surface area contributed by atoms with E-state index < -0.39 is 0 Å². The number of aliphatic imine (C=N–C) groups is 1. The molecular formula is C23H31N3O5. The minimum Gasteiger partial charge on any atom is -0.493 e. The van der Waals surface area contributed by atoms with Crippen molar-refractivity contribution in [2.45, 2.75) is 19.5 Å². The van der Waals surface area contributed by atoms with Crippen molar-refractivity contribution in [3.63, 3.8) is 0 Å². The van der Waals surface area contributed by atoms with E-state index in [0.29, 0.717) is 23.8 Å². The van der Waals surface area contributed by atoms with Crippen molar-refractivity contribution in [2.24, 2.45) is 4.99 Å². The quantitative estimate of drug-likeness (QED) is 0.536. The van der Waals surface area contributed by atoms with Crippen molar-refractivity contribution in [2.75, 3.05) is 49.1 Å². The van der Waals surface area contributed by atoms with Gasteiger partial charge in [0.1, 0.15) is 0 Å². The first kappa shape index (κ1) is 22.4. The van der Waals surface area contributed by atoms with Gasteiger partial charge in [-0.2, -0.15) is 0 Å². The van der Waals surface area contributed by atoms with Gasteiger partial charge in [-0.3, -0.25) is 4.99 Å². The summed E-state index contributed by atoms with van der Waals surface area (Å²) in [5, 5.41) is 3.45. The maximum atomic E-state index is 5.47. The van der Waals surface area contributed by atoms with E-state index in [1.54, 1.807) is 42.6 Å². The van der Waals surface area contributed by atoms with E-state index in [2.05, 4.69) is 21.3 Å². The Morgan fingerprint density at radius 3 is 1.94 bits per heavy atom. The fourth-order valence-electron chi connectivity index (χ4n) is 3.81. The van der Waals surface area contributed by atoms with Crippen LogP contribution in [0.3, 0.4) is 0 Å². The molecule has 2 aromatic carbocycles. The number of nitrogens with zero attached hydrogens (tertiary/aromatic N) is 2. The Balaban J connectivity index is 1.75. The first-order valence-electron chi connectivity index (χ1n) is 10.1. The zero-order chi connectivity index (χ0) is 22.4. The Kier molecular flexibility index (Phi) is 7.33. The molecule has 0 unspecified atom stereocenters. The second kappa shape index (κ2) is 10.1. The third-order valence-corrected chi connectivity index (χ3v) is 5.40. The number of benzene rings is 2. The summed E-state index contributed by atoms with van der Waals surface area (Å²) >= 11 is 0. The number of nitrogens with one attached hydrogen (secondary N) is 1. The van der Waals surface area contributed by atoms with Crippen LogP contribution in [0.15, 0.2) is 29.3 Å². The number of fused-ring (bicyclic) bond motifs is 1. The van der Waals surface area contributed by atoms with E-state index in [1.807, 2.05) is 18.2 Å². The Morgan fingerprint density at radius 2 is 1.42 bits per heavy atom. The molecule has 8 heteroatoms. The fourth-order valence-corrected chi connectivity index (χ4v) is 3.81. The molecule has 0 amide bonds. The van der Waals surface area contributed by atoms with Crippen molar-refractivity contribution in [3.8, 4) is 28.7 Å². The lowest BCUT2D eigenvalue weighted by atomic mass is 9.99. The second-order valence-electron chi connectivity index (χ2n) is 7.08. The molecule has 0 radical (unpaired) electrons. The van der Waals surface area contributed by atoms with Gasteiger partial charge in [0.25, 0.3) is 0 Å². The van der Waals surface area contributed by atoms with Gasteiger partial charge in [-0.1, -0.05) is 0 Å². The van der Waals surface area contributed by atoms with Gasteiger partial charge in [-0.25, -0.2) is 0 Å². The minimum absolute atomic E-state index is 0.568. The molecular weight excluding hydrogens is 398 g/mol. The summed E-state index contributed by atoms with van der Waals surface area (Å²) < 4.78 is 27.2. The first-order chi connectivity index (χ1) is 15.1. The van der Waals surface area contributed by atoms with Crippen LogP contribution in [-0.2, 0) is 19.5 Å². The topological polar surface area (TPSA) is 73.8 Å². The molecule has 3 rings (SSSR count). The monoisotopic (exact) mass is 429 g/mol. The molecule has 0 aromatic heterocycles. The van der Waals surface area contributed by atoms with Crippen LogP contribution in [0.2, 0.25) is 0 Å². The normalized spacial score (nSPS) is 13.4. The highest BCUT2D eigenvalue weighted by atomic mass is 16.5. The molecule has 1 heterocycles. The van der Waals surface area contributed by atoms with Gasteiger partial charge in [0.15, 0.2) is 29.0 Å². The molecule has 168 valence electrons. The largest absolute Gasteiger partial charge is 0.493 e. The van der Waals surface area contributed by atoms with E-state index in [4.69, 9.17) is 23.7 Å². The molecule has 2 aromatic rings. The molecule has 0 saturated heterocycles. The fraction of sp³-hybridized carbons (Fsp3) is 0.435. The highest BCUT2D eigenvalue weighted by Gasteiger charge is 2.22. The average Bonchev–Trinajstić information content (AvgIpc) is 2.82. The maximum Gasteiger partial charge on any atom is 0.203 e. The van der Waals surface area contributed by atoms with Crippen LogP contribution >= 0.6 is 0 Å². The standard InChI is InChI=1S/C23H31N3O5/c1-24-23(25-13-15-9-20(29-4)22(31-6)21(10-15)30-5)26-8-7-16-11-18(27-2)19(28-3)12-17(16)14-26/h9-12H,7-8,13-14H2,1-6H3,(H,24,25). The van der Waals surface area contributed by atoms with Gasteiger partial charge >= 0.3 is 0 Å². The van der Waals surface area contributed by atoms with Gasteiger partial charge in [-0.15, -0.1) is 0 Å². The SMILES string of the molecule is CN=C(NCc1cc(OC)c(OC)c(OC)c1)N1CCc2cc(OC)c(OC)cc2C1. The summed E-state index contributed by atoms with van der Waals surface area (Å²) in [5.74, 6) is 4.16. The van der Waals surface area contributed by atoms with E-state index in [1.165, 1.54) is 11.1 Å². The number of hydrogen-bond acceptors (Lipinski definition) is 6. The predicted octanol–water partition coefficient (Wildman–Crippen LogP) is 2.86. The lowest BCUT2D eigenvalue weighted by Gasteiger charge is -2.32. The number of guanidine groups is 1. The number of hydrogen-bond donors (Lipinski definition) is 1. The summed E-state index contributed by atoms with van der Waals surface area (Å²) in [5.41, 5.74) is 3.48. The molecule has 1 aliphatic rings. The molecule has 8 nitrogen and oxygen atoms in total. The third-order valence-electron chi connectivity index (χ3n) is 5.40. The average molecular weight is 430 g/mol. The van der Waals surface area contributed by atoms with Crippen LogP contribution in [0.4, 0.5) is 0 Å². The predicted molar refractivity (Wildman–Crippen MR) is 120 cm³/mol. The molecule has 0 bridgehead atoms. The second-order valence-corrected chi connectivity index (χ2v) is 7.08. The molecule has 1 N–H and O–H groups in total. The van der Waals surface area contributed by atoms with Crippen molar-refractivity contribution in [1.29, 1.82) is 0 Å². The zero-order valence-electron chi connectivity index (χ0n) is 19.1. The summed E-state index contributed by atoms with van der Waals surface area (Å²) in [6.45, 7) is 2.17. The van der Waals surface area contributed by atoms with Crippen molar-refractivity contribution in [3.05, 3.63) is 41.0 Å². The smallest absolute Gasteiger partial charge is 0.203 e. The Morgan fingerprint density at radius 1 is 0.839 bits per heavy atom. The van der Waals surface area contributed by atoms with Crippen LogP contribution in [0.1, 0.15) is 16.7 Å². The Bertz CT molecular complexity index is 920. The molecule has 1 aliphatic heterocycles. The van der Waals surface area contributed by atoms with Crippen LogP contribution in [0, 0.1) is 0 Å². The van der Waals surface area contributed by atoms with E-state index in [-0.39, 0.29) is 0 Å². The number of methoxy groups -OCH3 is 5. The lowest BCUT2D eigenvalue weighted by molar-refractivity contribution is 0.323. The Labute approximate surface area is 183 Å². The van der Waals surface area contributed by atoms with Crippen molar-refractivity contribution >= 4 is 5.96 Å². The minimum atomic E-state index is 0.568. The van der Waals surface area contributed by atoms with E-state index in [0.717, 1.165) is 42.5 Å². The molecule has 0 saturated carbocycles. The van der Waals surface area contributed by atoms with Crippen LogP contribution in [-0.4, -0.2) is 60.0 Å². The summed E-state index contributed by atoms with van der Waals surface area (Å²) in [6, 6.07) is 7.99. The summed E-state index contributed by atoms with van der Waals surface area (Å²) in [4.78, 5) is 6.71. The maximum absolute atomic E-state index is 5.47. The molecule has 0 spiro atoms.